The molecular formula is C14H18F3NO3. The predicted octanol–water partition coefficient (Wildman–Crippen LogP) is 2.32. The Labute approximate surface area is 121 Å². The first-order chi connectivity index (χ1) is 9.90. The standard InChI is InChI=1S/C14H18F3NO3/c1-20-12-4-2-3-11(9-12)5-6-13(19)18-7-8-21-10-14(15,16)17/h2-4,9H,5-8,10H2,1H3,(H,18,19). The Bertz CT molecular complexity index is 449. The number of alkyl halides is 3. The van der Waals surface area contributed by atoms with Crippen molar-refractivity contribution in [1.82, 2.24) is 5.32 Å². The molecule has 4 nitrogen and oxygen atoms in total. The van der Waals surface area contributed by atoms with E-state index in [1.807, 2.05) is 24.3 Å². The topological polar surface area (TPSA) is 47.6 Å². The smallest absolute Gasteiger partial charge is 0.411 e. The van der Waals surface area contributed by atoms with E-state index in [1.54, 1.807) is 7.11 Å². The van der Waals surface area contributed by atoms with E-state index in [0.29, 0.717) is 12.2 Å². The number of nitrogens with one attached hydrogen (secondary N) is 1. The van der Waals surface area contributed by atoms with Crippen molar-refractivity contribution in [3.05, 3.63) is 29.8 Å². The van der Waals surface area contributed by atoms with E-state index in [9.17, 15) is 18.0 Å². The van der Waals surface area contributed by atoms with Gasteiger partial charge in [-0.15, -0.1) is 0 Å². The molecule has 7 heteroatoms. The average Bonchev–Trinajstić information content (AvgIpc) is 2.44. The molecule has 0 radical (unpaired) electrons. The van der Waals surface area contributed by atoms with Gasteiger partial charge in [0.05, 0.1) is 13.7 Å². The van der Waals surface area contributed by atoms with Gasteiger partial charge in [0.1, 0.15) is 12.4 Å². The third-order valence-corrected chi connectivity index (χ3v) is 2.61. The normalized spacial score (nSPS) is 11.2. The van der Waals surface area contributed by atoms with Crippen LogP contribution < -0.4 is 10.1 Å². The highest BCUT2D eigenvalue weighted by atomic mass is 19.4. The van der Waals surface area contributed by atoms with Crippen LogP contribution in [0.2, 0.25) is 0 Å². The zero-order valence-corrected chi connectivity index (χ0v) is 11.7. The summed E-state index contributed by atoms with van der Waals surface area (Å²) < 4.78 is 44.8. The molecule has 1 amide bonds. The number of aryl methyl sites for hydroxylation is 1. The van der Waals surface area contributed by atoms with E-state index in [4.69, 9.17) is 4.74 Å². The maximum Gasteiger partial charge on any atom is 0.411 e. The molecule has 1 N–H and O–H groups in total. The van der Waals surface area contributed by atoms with Crippen LogP contribution in [0, 0.1) is 0 Å². The van der Waals surface area contributed by atoms with Crippen LogP contribution in [0.3, 0.4) is 0 Å². The fourth-order valence-electron chi connectivity index (χ4n) is 1.62. The number of rotatable bonds is 8. The van der Waals surface area contributed by atoms with E-state index < -0.39 is 12.8 Å². The molecule has 0 fully saturated rings. The molecule has 0 aliphatic carbocycles. The lowest BCUT2D eigenvalue weighted by molar-refractivity contribution is -0.173. The molecule has 21 heavy (non-hydrogen) atoms. The lowest BCUT2D eigenvalue weighted by Crippen LogP contribution is -2.29. The number of amides is 1. The van der Waals surface area contributed by atoms with Gasteiger partial charge in [0.2, 0.25) is 5.91 Å². The summed E-state index contributed by atoms with van der Waals surface area (Å²) in [5.74, 6) is 0.488. The second-order valence-corrected chi connectivity index (χ2v) is 4.37. The molecular weight excluding hydrogens is 287 g/mol. The van der Waals surface area contributed by atoms with Crippen molar-refractivity contribution in [2.24, 2.45) is 0 Å². The van der Waals surface area contributed by atoms with Crippen LogP contribution in [0.15, 0.2) is 24.3 Å². The molecule has 0 aliphatic heterocycles. The second kappa shape index (κ2) is 8.51. The van der Waals surface area contributed by atoms with Crippen molar-refractivity contribution in [2.75, 3.05) is 26.9 Å². The molecule has 0 aliphatic rings. The maximum atomic E-state index is 11.8. The number of carbonyl (C=O) groups is 1. The number of benzene rings is 1. The van der Waals surface area contributed by atoms with E-state index in [2.05, 4.69) is 10.1 Å². The van der Waals surface area contributed by atoms with Crippen LogP contribution in [0.4, 0.5) is 13.2 Å². The van der Waals surface area contributed by atoms with Crippen LogP contribution in [0.1, 0.15) is 12.0 Å². The van der Waals surface area contributed by atoms with Gasteiger partial charge in [-0.2, -0.15) is 13.2 Å². The lowest BCUT2D eigenvalue weighted by Gasteiger charge is -2.09. The van der Waals surface area contributed by atoms with Crippen molar-refractivity contribution < 1.29 is 27.4 Å². The Kier molecular flexibility index (Phi) is 7.01. The minimum absolute atomic E-state index is 0.0625. The van der Waals surface area contributed by atoms with Crippen LogP contribution in [-0.4, -0.2) is 39.0 Å². The quantitative estimate of drug-likeness (QED) is 0.750. The Balaban J connectivity index is 2.16. The van der Waals surface area contributed by atoms with Gasteiger partial charge in [-0.1, -0.05) is 12.1 Å². The van der Waals surface area contributed by atoms with Gasteiger partial charge in [0.15, 0.2) is 0 Å². The Morgan fingerprint density at radius 3 is 2.76 bits per heavy atom. The summed E-state index contributed by atoms with van der Waals surface area (Å²) in [7, 11) is 1.56. The Hall–Kier alpha value is -1.76. The zero-order valence-electron chi connectivity index (χ0n) is 11.7. The van der Waals surface area contributed by atoms with Gasteiger partial charge < -0.3 is 14.8 Å². The van der Waals surface area contributed by atoms with Gasteiger partial charge in [-0.3, -0.25) is 4.79 Å². The largest absolute Gasteiger partial charge is 0.497 e. The van der Waals surface area contributed by atoms with Crippen molar-refractivity contribution in [1.29, 1.82) is 0 Å². The molecule has 118 valence electrons. The Morgan fingerprint density at radius 1 is 1.33 bits per heavy atom. The van der Waals surface area contributed by atoms with Gasteiger partial charge in [-0.25, -0.2) is 0 Å². The Morgan fingerprint density at radius 2 is 2.10 bits per heavy atom. The third kappa shape index (κ3) is 8.19. The third-order valence-electron chi connectivity index (χ3n) is 2.61. The summed E-state index contributed by atoms with van der Waals surface area (Å²) in [4.78, 5) is 11.5. The minimum Gasteiger partial charge on any atom is -0.497 e. The summed E-state index contributed by atoms with van der Waals surface area (Å²) in [6.07, 6.45) is -3.55. The van der Waals surface area contributed by atoms with Crippen molar-refractivity contribution in [3.63, 3.8) is 0 Å². The summed E-state index contributed by atoms with van der Waals surface area (Å²) in [6.45, 7) is -1.40. The summed E-state index contributed by atoms with van der Waals surface area (Å²) in [5, 5.41) is 2.51. The molecule has 1 aromatic carbocycles. The van der Waals surface area contributed by atoms with Crippen LogP contribution in [-0.2, 0) is 16.0 Å². The molecule has 0 bridgehead atoms. The average molecular weight is 305 g/mol. The van der Waals surface area contributed by atoms with E-state index in [0.717, 1.165) is 5.56 Å². The number of methoxy groups -OCH3 is 1. The van der Waals surface area contributed by atoms with Gasteiger partial charge in [0.25, 0.3) is 0 Å². The van der Waals surface area contributed by atoms with E-state index in [-0.39, 0.29) is 25.5 Å². The predicted molar refractivity (Wildman–Crippen MR) is 71.2 cm³/mol. The van der Waals surface area contributed by atoms with Crippen LogP contribution in [0.5, 0.6) is 5.75 Å². The molecule has 0 saturated heterocycles. The second-order valence-electron chi connectivity index (χ2n) is 4.37. The molecule has 0 heterocycles. The van der Waals surface area contributed by atoms with Crippen LogP contribution >= 0.6 is 0 Å². The number of halogens is 3. The van der Waals surface area contributed by atoms with Gasteiger partial charge in [-0.05, 0) is 24.1 Å². The first kappa shape index (κ1) is 17.3. The first-order valence-corrected chi connectivity index (χ1v) is 6.45. The summed E-state index contributed by atoms with van der Waals surface area (Å²) in [5.41, 5.74) is 0.956. The van der Waals surface area contributed by atoms with Gasteiger partial charge in [0, 0.05) is 13.0 Å². The van der Waals surface area contributed by atoms with Crippen molar-refractivity contribution in [3.8, 4) is 5.75 Å². The van der Waals surface area contributed by atoms with Gasteiger partial charge >= 0.3 is 6.18 Å². The highest BCUT2D eigenvalue weighted by Gasteiger charge is 2.27. The molecule has 0 atom stereocenters. The SMILES string of the molecule is COc1cccc(CCC(=O)NCCOCC(F)(F)F)c1. The zero-order chi connectivity index (χ0) is 15.7. The fraction of sp³-hybridized carbons (Fsp3) is 0.500. The fourth-order valence-corrected chi connectivity index (χ4v) is 1.62. The monoisotopic (exact) mass is 305 g/mol. The van der Waals surface area contributed by atoms with E-state index in [1.165, 1.54) is 0 Å². The molecule has 0 aromatic heterocycles. The number of carbonyl (C=O) groups excluding carboxylic acids is 1. The van der Waals surface area contributed by atoms with Crippen molar-refractivity contribution >= 4 is 5.91 Å². The number of hydrogen-bond donors (Lipinski definition) is 1. The minimum atomic E-state index is -4.34. The molecule has 1 aromatic rings. The lowest BCUT2D eigenvalue weighted by atomic mass is 10.1. The first-order valence-electron chi connectivity index (χ1n) is 6.45. The summed E-state index contributed by atoms with van der Waals surface area (Å²) in [6, 6.07) is 7.35. The highest BCUT2D eigenvalue weighted by Crippen LogP contribution is 2.14. The number of hydrogen-bond acceptors (Lipinski definition) is 3. The maximum absolute atomic E-state index is 11.8. The van der Waals surface area contributed by atoms with Crippen molar-refractivity contribution in [2.45, 2.75) is 19.0 Å². The number of ether oxygens (including phenoxy) is 2. The van der Waals surface area contributed by atoms with E-state index >= 15 is 0 Å². The highest BCUT2D eigenvalue weighted by molar-refractivity contribution is 5.76. The molecule has 0 unspecified atom stereocenters. The van der Waals surface area contributed by atoms with Crippen LogP contribution in [0.25, 0.3) is 0 Å². The molecule has 0 spiro atoms. The summed E-state index contributed by atoms with van der Waals surface area (Å²) >= 11 is 0. The molecule has 0 saturated carbocycles. The molecule has 1 rings (SSSR count).